The molecular weight excluding hydrogens is 579 g/mol. The van der Waals surface area contributed by atoms with Gasteiger partial charge in [-0.3, -0.25) is 24.2 Å². The highest BCUT2D eigenvalue weighted by Gasteiger charge is 2.36. The Kier molecular flexibility index (Phi) is 12.4. The van der Waals surface area contributed by atoms with Gasteiger partial charge in [0.2, 0.25) is 17.7 Å². The maximum atomic E-state index is 13.2. The molecule has 4 amide bonds. The zero-order chi connectivity index (χ0) is 32.6. The third-order valence-electron chi connectivity index (χ3n) is 7.87. The predicted molar refractivity (Wildman–Crippen MR) is 158 cm³/mol. The summed E-state index contributed by atoms with van der Waals surface area (Å²) in [7, 11) is 0. The van der Waals surface area contributed by atoms with Gasteiger partial charge in [0.15, 0.2) is 0 Å². The van der Waals surface area contributed by atoms with Crippen molar-refractivity contribution < 1.29 is 37.1 Å². The lowest BCUT2D eigenvalue weighted by atomic mass is 9.96. The van der Waals surface area contributed by atoms with Gasteiger partial charge in [0.1, 0.15) is 24.7 Å². The van der Waals surface area contributed by atoms with Crippen LogP contribution in [0.15, 0.2) is 30.3 Å². The Morgan fingerprint density at radius 1 is 0.955 bits per heavy atom. The maximum absolute atomic E-state index is 13.2. The summed E-state index contributed by atoms with van der Waals surface area (Å²) in [6, 6.07) is 4.47. The van der Waals surface area contributed by atoms with Crippen LogP contribution in [0.2, 0.25) is 0 Å². The Morgan fingerprint density at radius 3 is 2.34 bits per heavy atom. The van der Waals surface area contributed by atoms with Crippen LogP contribution >= 0.6 is 0 Å². The molecule has 1 aromatic carbocycles. The van der Waals surface area contributed by atoms with Crippen molar-refractivity contribution in [3.63, 3.8) is 0 Å². The van der Waals surface area contributed by atoms with Crippen LogP contribution in [-0.2, 0) is 23.9 Å². The maximum Gasteiger partial charge on any atom is 0.411 e. The summed E-state index contributed by atoms with van der Waals surface area (Å²) in [6.45, 7) is 7.08. The fourth-order valence-corrected chi connectivity index (χ4v) is 5.21. The molecular formula is C31H44F3N5O5. The van der Waals surface area contributed by atoms with Gasteiger partial charge in [-0.25, -0.2) is 5.43 Å². The first-order valence-corrected chi connectivity index (χ1v) is 15.1. The molecule has 4 N–H and O–H groups in total. The van der Waals surface area contributed by atoms with Gasteiger partial charge in [0.25, 0.3) is 5.91 Å². The summed E-state index contributed by atoms with van der Waals surface area (Å²) in [5, 5.41) is 9.61. The normalized spacial score (nSPS) is 29.2. The SMILES string of the molecule is CC(C)[C@@H]1NC(=O)[C@H](C)[C@H](OCC(F)(F)F)CC/C=C/c2cccc(c2)[C@@H](C)NC(=O)[C@@H]2CCCN(N2)C(=O)[C@H](C)NC1=O. The average Bonchev–Trinajstić information content (AvgIpc) is 2.97. The Labute approximate surface area is 256 Å². The number of nitrogens with one attached hydrogen (secondary N) is 4. The lowest BCUT2D eigenvalue weighted by Gasteiger charge is -2.35. The second kappa shape index (κ2) is 15.5. The molecule has 6 atom stereocenters. The lowest BCUT2D eigenvalue weighted by Crippen LogP contribution is -2.62. The summed E-state index contributed by atoms with van der Waals surface area (Å²) in [5.41, 5.74) is 4.66. The van der Waals surface area contributed by atoms with Gasteiger partial charge in [0.05, 0.1) is 18.1 Å². The van der Waals surface area contributed by atoms with Crippen molar-refractivity contribution in [3.8, 4) is 0 Å². The van der Waals surface area contributed by atoms with E-state index in [2.05, 4.69) is 21.4 Å². The lowest BCUT2D eigenvalue weighted by molar-refractivity contribution is -0.191. The van der Waals surface area contributed by atoms with Gasteiger partial charge in [0, 0.05) is 6.54 Å². The number of hydrogen-bond donors (Lipinski definition) is 4. The average molecular weight is 624 g/mol. The number of nitrogens with zero attached hydrogens (tertiary/aromatic N) is 1. The molecule has 10 nitrogen and oxygen atoms in total. The van der Waals surface area contributed by atoms with Crippen molar-refractivity contribution in [1.29, 1.82) is 0 Å². The molecule has 2 heterocycles. The molecule has 2 aliphatic heterocycles. The molecule has 0 unspecified atom stereocenters. The quantitative estimate of drug-likeness (QED) is 0.409. The van der Waals surface area contributed by atoms with Crippen molar-refractivity contribution >= 4 is 29.7 Å². The van der Waals surface area contributed by atoms with Crippen LogP contribution in [0.4, 0.5) is 13.2 Å². The molecule has 0 aromatic heterocycles. The van der Waals surface area contributed by atoms with Crippen LogP contribution in [0.3, 0.4) is 0 Å². The minimum absolute atomic E-state index is 0.127. The first-order valence-electron chi connectivity index (χ1n) is 15.1. The topological polar surface area (TPSA) is 129 Å². The molecule has 4 bridgehead atoms. The number of ether oxygens (including phenoxy) is 1. The van der Waals surface area contributed by atoms with E-state index >= 15 is 0 Å². The molecule has 244 valence electrons. The summed E-state index contributed by atoms with van der Waals surface area (Å²) < 4.78 is 44.3. The van der Waals surface area contributed by atoms with E-state index in [0.717, 1.165) is 11.1 Å². The van der Waals surface area contributed by atoms with Crippen molar-refractivity contribution in [2.45, 2.75) is 96.7 Å². The fourth-order valence-electron chi connectivity index (χ4n) is 5.21. The van der Waals surface area contributed by atoms with E-state index in [-0.39, 0.29) is 18.4 Å². The Hall–Kier alpha value is -3.45. The smallest absolute Gasteiger partial charge is 0.368 e. The predicted octanol–water partition coefficient (Wildman–Crippen LogP) is 3.40. The van der Waals surface area contributed by atoms with Crippen LogP contribution in [0.25, 0.3) is 6.08 Å². The number of alkyl halides is 3. The highest BCUT2D eigenvalue weighted by molar-refractivity contribution is 5.92. The van der Waals surface area contributed by atoms with Crippen LogP contribution in [0, 0.1) is 11.8 Å². The molecule has 13 heteroatoms. The molecule has 2 aliphatic rings. The van der Waals surface area contributed by atoms with E-state index in [0.29, 0.717) is 25.8 Å². The highest BCUT2D eigenvalue weighted by atomic mass is 19.4. The molecule has 1 aromatic rings. The number of benzene rings is 1. The zero-order valence-corrected chi connectivity index (χ0v) is 25.9. The van der Waals surface area contributed by atoms with Crippen molar-refractivity contribution in [1.82, 2.24) is 26.4 Å². The summed E-state index contributed by atoms with van der Waals surface area (Å²) in [6.07, 6.45) is -0.475. The van der Waals surface area contributed by atoms with Gasteiger partial charge in [-0.05, 0) is 62.6 Å². The van der Waals surface area contributed by atoms with Crippen LogP contribution in [0.1, 0.15) is 77.5 Å². The second-order valence-corrected chi connectivity index (χ2v) is 11.9. The van der Waals surface area contributed by atoms with E-state index in [4.69, 9.17) is 4.74 Å². The van der Waals surface area contributed by atoms with Crippen molar-refractivity contribution in [2.75, 3.05) is 13.2 Å². The molecule has 1 fully saturated rings. The first kappa shape index (κ1) is 35.0. The van der Waals surface area contributed by atoms with Crippen LogP contribution in [-0.4, -0.2) is 72.2 Å². The minimum atomic E-state index is -4.58. The number of hydrazine groups is 1. The van der Waals surface area contributed by atoms with E-state index in [1.54, 1.807) is 19.9 Å². The number of carbonyl (C=O) groups excluding carboxylic acids is 4. The number of hydrogen-bond acceptors (Lipinski definition) is 6. The van der Waals surface area contributed by atoms with E-state index in [1.165, 1.54) is 18.9 Å². The van der Waals surface area contributed by atoms with E-state index < -0.39 is 66.6 Å². The summed E-state index contributed by atoms with van der Waals surface area (Å²) in [4.78, 5) is 52.8. The molecule has 0 saturated carbocycles. The van der Waals surface area contributed by atoms with E-state index in [1.807, 2.05) is 37.3 Å². The Bertz CT molecular complexity index is 1210. The number of rotatable bonds is 3. The second-order valence-electron chi connectivity index (χ2n) is 11.9. The number of carbonyl (C=O) groups is 4. The van der Waals surface area contributed by atoms with Crippen LogP contribution < -0.4 is 21.4 Å². The molecule has 0 radical (unpaired) electrons. The van der Waals surface area contributed by atoms with Crippen molar-refractivity contribution in [2.24, 2.45) is 11.8 Å². The van der Waals surface area contributed by atoms with Gasteiger partial charge in [-0.1, -0.05) is 51.1 Å². The van der Waals surface area contributed by atoms with Gasteiger partial charge < -0.3 is 20.7 Å². The largest absolute Gasteiger partial charge is 0.411 e. The Balaban J connectivity index is 1.90. The minimum Gasteiger partial charge on any atom is -0.368 e. The first-order chi connectivity index (χ1) is 20.7. The molecule has 3 rings (SSSR count). The number of fused-ring (bicyclic) bond motifs is 4. The molecule has 1 saturated heterocycles. The van der Waals surface area contributed by atoms with Gasteiger partial charge in [-0.2, -0.15) is 13.2 Å². The van der Waals surface area contributed by atoms with Crippen molar-refractivity contribution in [3.05, 3.63) is 41.5 Å². The summed E-state index contributed by atoms with van der Waals surface area (Å²) >= 11 is 0. The zero-order valence-electron chi connectivity index (χ0n) is 25.9. The van der Waals surface area contributed by atoms with E-state index in [9.17, 15) is 32.3 Å². The number of amides is 4. The molecule has 44 heavy (non-hydrogen) atoms. The molecule has 0 aliphatic carbocycles. The van der Waals surface area contributed by atoms with Crippen LogP contribution in [0.5, 0.6) is 0 Å². The summed E-state index contributed by atoms with van der Waals surface area (Å²) in [5.74, 6) is -3.36. The van der Waals surface area contributed by atoms with Gasteiger partial charge in [-0.15, -0.1) is 0 Å². The Morgan fingerprint density at radius 2 is 1.66 bits per heavy atom. The fraction of sp³-hybridized carbons (Fsp3) is 0.613. The monoisotopic (exact) mass is 623 g/mol. The number of halogens is 3. The number of allylic oxidation sites excluding steroid dienone is 1. The third-order valence-corrected chi connectivity index (χ3v) is 7.87. The highest BCUT2D eigenvalue weighted by Crippen LogP contribution is 2.22. The third kappa shape index (κ3) is 10.0. The van der Waals surface area contributed by atoms with Gasteiger partial charge >= 0.3 is 6.18 Å². The molecule has 0 spiro atoms. The standard InChI is InChI=1S/C31H44F3N5O5/c1-18(2)26-29(42)36-21(5)30(43)39-15-9-13-24(38-39)28(41)35-20(4)23-12-8-11-22(16-23)10-6-7-14-25(19(3)27(40)37-26)44-17-31(32,33)34/h6,8,10-12,16,18-21,24-26,38H,7,9,13-15,17H2,1-5H3,(H,35,41)(H,36,42)(H,37,40)/b10-6+/t19-,20-,21+,24+,25-,26+/m1/s1.